The number of aryl methyl sites for hydroxylation is 2. The van der Waals surface area contributed by atoms with E-state index < -0.39 is 0 Å². The first-order valence-corrected chi connectivity index (χ1v) is 12.6. The maximum absolute atomic E-state index is 13.0. The van der Waals surface area contributed by atoms with Crippen LogP contribution in [0.25, 0.3) is 0 Å². The predicted octanol–water partition coefficient (Wildman–Crippen LogP) is 2.36. The molecular weight excluding hydrogens is 428 g/mol. The fraction of sp³-hybridized carbons (Fsp3) is 0.577. The minimum atomic E-state index is 0.122. The van der Waals surface area contributed by atoms with Crippen molar-refractivity contribution >= 4 is 17.5 Å². The van der Waals surface area contributed by atoms with Crippen LogP contribution in [0.15, 0.2) is 30.3 Å². The van der Waals surface area contributed by atoms with E-state index in [0.717, 1.165) is 75.2 Å². The van der Waals surface area contributed by atoms with Gasteiger partial charge in [0.1, 0.15) is 0 Å². The van der Waals surface area contributed by atoms with Gasteiger partial charge in [-0.3, -0.25) is 9.69 Å². The molecule has 1 unspecified atom stereocenters. The van der Waals surface area contributed by atoms with Gasteiger partial charge in [-0.15, -0.1) is 10.2 Å². The summed E-state index contributed by atoms with van der Waals surface area (Å²) in [7, 11) is 0. The van der Waals surface area contributed by atoms with Crippen LogP contribution in [0.3, 0.4) is 0 Å². The van der Waals surface area contributed by atoms with Crippen LogP contribution < -0.4 is 9.80 Å². The third-order valence-electron chi connectivity index (χ3n) is 7.32. The fourth-order valence-electron chi connectivity index (χ4n) is 5.25. The second-order valence-electron chi connectivity index (χ2n) is 9.77. The van der Waals surface area contributed by atoms with Crippen molar-refractivity contribution in [2.75, 3.05) is 75.3 Å². The maximum atomic E-state index is 13.0. The SMILES string of the molecule is Cc1ccc(C(=O)N2CCN(c3ccc(N4CCN(CC5CCCO5)CC4)nn3)CC2)c(C)c1. The molecule has 0 N–H and O–H groups in total. The van der Waals surface area contributed by atoms with E-state index >= 15 is 0 Å². The van der Waals surface area contributed by atoms with Gasteiger partial charge >= 0.3 is 0 Å². The molecule has 1 aromatic heterocycles. The standard InChI is InChI=1S/C26H36N6O2/c1-20-5-6-23(21(2)18-20)26(33)32-15-13-31(14-16-32)25-8-7-24(27-28-25)30-11-9-29(10-12-30)19-22-4-3-17-34-22/h5-8,18,22H,3-4,9-17,19H2,1-2H3. The van der Waals surface area contributed by atoms with Crippen LogP contribution in [0.4, 0.5) is 11.6 Å². The van der Waals surface area contributed by atoms with Gasteiger partial charge in [-0.25, -0.2) is 0 Å². The fourth-order valence-corrected chi connectivity index (χ4v) is 5.25. The number of benzene rings is 1. The summed E-state index contributed by atoms with van der Waals surface area (Å²) in [4.78, 5) is 22.0. The Morgan fingerprint density at radius 1 is 0.912 bits per heavy atom. The molecule has 0 radical (unpaired) electrons. The third-order valence-corrected chi connectivity index (χ3v) is 7.32. The van der Waals surface area contributed by atoms with Crippen molar-refractivity contribution in [1.82, 2.24) is 20.0 Å². The number of carbonyl (C=O) groups excluding carboxylic acids is 1. The number of carbonyl (C=O) groups is 1. The van der Waals surface area contributed by atoms with Crippen LogP contribution in [0.5, 0.6) is 0 Å². The largest absolute Gasteiger partial charge is 0.377 e. The molecule has 3 aliphatic rings. The number of hydrogen-bond donors (Lipinski definition) is 0. The van der Waals surface area contributed by atoms with Crippen molar-refractivity contribution in [3.8, 4) is 0 Å². The molecule has 5 rings (SSSR count). The van der Waals surface area contributed by atoms with Crippen LogP contribution in [0.2, 0.25) is 0 Å². The van der Waals surface area contributed by atoms with Crippen LogP contribution in [-0.2, 0) is 4.74 Å². The Hall–Kier alpha value is -2.71. The molecule has 1 atom stereocenters. The van der Waals surface area contributed by atoms with Gasteiger partial charge in [0.2, 0.25) is 0 Å². The highest BCUT2D eigenvalue weighted by atomic mass is 16.5. The lowest BCUT2D eigenvalue weighted by Gasteiger charge is -2.37. The Morgan fingerprint density at radius 3 is 2.12 bits per heavy atom. The Balaban J connectivity index is 1.11. The number of piperazine rings is 2. The topological polar surface area (TPSA) is 65.0 Å². The Labute approximate surface area is 202 Å². The van der Waals surface area contributed by atoms with Gasteiger partial charge < -0.3 is 19.4 Å². The van der Waals surface area contributed by atoms with Crippen molar-refractivity contribution in [2.45, 2.75) is 32.8 Å². The van der Waals surface area contributed by atoms with Gasteiger partial charge in [-0.1, -0.05) is 17.7 Å². The quantitative estimate of drug-likeness (QED) is 0.673. The summed E-state index contributed by atoms with van der Waals surface area (Å²) in [5.74, 6) is 1.96. The van der Waals surface area contributed by atoms with E-state index in [2.05, 4.69) is 50.0 Å². The summed E-state index contributed by atoms with van der Waals surface area (Å²) in [6.45, 7) is 13.0. The molecule has 0 bridgehead atoms. The van der Waals surface area contributed by atoms with Gasteiger partial charge in [0, 0.05) is 71.1 Å². The molecule has 3 aliphatic heterocycles. The monoisotopic (exact) mass is 464 g/mol. The minimum Gasteiger partial charge on any atom is -0.377 e. The smallest absolute Gasteiger partial charge is 0.254 e. The lowest BCUT2D eigenvalue weighted by atomic mass is 10.0. The first-order chi connectivity index (χ1) is 16.6. The number of ether oxygens (including phenoxy) is 1. The first-order valence-electron chi connectivity index (χ1n) is 12.6. The average molecular weight is 465 g/mol. The molecule has 3 fully saturated rings. The zero-order valence-electron chi connectivity index (χ0n) is 20.4. The number of anilines is 2. The molecule has 1 aromatic carbocycles. The molecule has 0 aliphatic carbocycles. The second kappa shape index (κ2) is 10.3. The van der Waals surface area contributed by atoms with Crippen LogP contribution in [-0.4, -0.2) is 97.5 Å². The average Bonchev–Trinajstić information content (AvgIpc) is 3.38. The molecule has 0 saturated carbocycles. The number of nitrogens with zero attached hydrogens (tertiary/aromatic N) is 6. The van der Waals surface area contributed by atoms with E-state index in [0.29, 0.717) is 19.2 Å². The molecule has 8 nitrogen and oxygen atoms in total. The van der Waals surface area contributed by atoms with E-state index in [9.17, 15) is 4.79 Å². The molecule has 0 spiro atoms. The maximum Gasteiger partial charge on any atom is 0.254 e. The van der Waals surface area contributed by atoms with Crippen molar-refractivity contribution in [3.05, 3.63) is 47.0 Å². The highest BCUT2D eigenvalue weighted by Gasteiger charge is 2.26. The summed E-state index contributed by atoms with van der Waals surface area (Å²) in [6.07, 6.45) is 2.81. The zero-order valence-corrected chi connectivity index (χ0v) is 20.4. The predicted molar refractivity (Wildman–Crippen MR) is 134 cm³/mol. The normalized spacial score (nSPS) is 21.8. The summed E-state index contributed by atoms with van der Waals surface area (Å²) in [5, 5.41) is 9.07. The minimum absolute atomic E-state index is 0.122. The van der Waals surface area contributed by atoms with Crippen LogP contribution in [0.1, 0.15) is 34.3 Å². The van der Waals surface area contributed by atoms with Crippen LogP contribution in [0, 0.1) is 13.8 Å². The van der Waals surface area contributed by atoms with Crippen molar-refractivity contribution in [1.29, 1.82) is 0 Å². The first kappa shape index (κ1) is 23.1. The van der Waals surface area contributed by atoms with Gasteiger partial charge in [0.15, 0.2) is 11.6 Å². The highest BCUT2D eigenvalue weighted by Crippen LogP contribution is 2.20. The molecular formula is C26H36N6O2. The summed E-state index contributed by atoms with van der Waals surface area (Å²) >= 11 is 0. The molecule has 3 saturated heterocycles. The number of hydrogen-bond acceptors (Lipinski definition) is 7. The molecule has 8 heteroatoms. The van der Waals surface area contributed by atoms with Gasteiger partial charge in [0.25, 0.3) is 5.91 Å². The Bertz CT molecular complexity index is 975. The molecule has 34 heavy (non-hydrogen) atoms. The van der Waals surface area contributed by atoms with Gasteiger partial charge in [0.05, 0.1) is 6.10 Å². The van der Waals surface area contributed by atoms with E-state index in [1.54, 1.807) is 0 Å². The molecule has 1 amide bonds. The van der Waals surface area contributed by atoms with E-state index in [1.807, 2.05) is 24.0 Å². The number of amides is 1. The summed E-state index contributed by atoms with van der Waals surface area (Å²) in [6, 6.07) is 10.2. The Kier molecular flexibility index (Phi) is 6.97. The molecule has 2 aromatic rings. The molecule has 4 heterocycles. The second-order valence-corrected chi connectivity index (χ2v) is 9.77. The lowest BCUT2D eigenvalue weighted by molar-refractivity contribution is 0.0712. The summed E-state index contributed by atoms with van der Waals surface area (Å²) in [5.41, 5.74) is 3.03. The van der Waals surface area contributed by atoms with E-state index in [4.69, 9.17) is 4.74 Å². The Morgan fingerprint density at radius 2 is 1.56 bits per heavy atom. The van der Waals surface area contributed by atoms with Crippen molar-refractivity contribution < 1.29 is 9.53 Å². The number of rotatable bonds is 5. The van der Waals surface area contributed by atoms with Crippen molar-refractivity contribution in [2.24, 2.45) is 0 Å². The van der Waals surface area contributed by atoms with Gasteiger partial charge in [-0.05, 0) is 50.5 Å². The van der Waals surface area contributed by atoms with Crippen LogP contribution >= 0.6 is 0 Å². The zero-order chi connectivity index (χ0) is 23.5. The summed E-state index contributed by atoms with van der Waals surface area (Å²) < 4.78 is 5.79. The molecule has 182 valence electrons. The van der Waals surface area contributed by atoms with E-state index in [1.165, 1.54) is 18.4 Å². The van der Waals surface area contributed by atoms with E-state index in [-0.39, 0.29) is 5.91 Å². The van der Waals surface area contributed by atoms with Gasteiger partial charge in [-0.2, -0.15) is 0 Å². The third kappa shape index (κ3) is 5.18. The lowest BCUT2D eigenvalue weighted by Crippen LogP contribution is -2.49. The van der Waals surface area contributed by atoms with Crippen molar-refractivity contribution in [3.63, 3.8) is 0 Å². The highest BCUT2D eigenvalue weighted by molar-refractivity contribution is 5.95. The number of aromatic nitrogens is 2.